The highest BCUT2D eigenvalue weighted by Gasteiger charge is 2.13. The number of nitrogens with zero attached hydrogens (tertiary/aromatic N) is 1. The van der Waals surface area contributed by atoms with Crippen LogP contribution in [0.3, 0.4) is 0 Å². The normalized spacial score (nSPS) is 10.2. The zero-order chi connectivity index (χ0) is 12.4. The predicted molar refractivity (Wildman–Crippen MR) is 62.4 cm³/mol. The number of halogens is 2. The molecule has 1 aromatic carbocycles. The van der Waals surface area contributed by atoms with E-state index >= 15 is 0 Å². The van der Waals surface area contributed by atoms with E-state index in [2.05, 4.69) is 15.5 Å². The molecule has 88 valence electrons. The van der Waals surface area contributed by atoms with Crippen LogP contribution in [0.15, 0.2) is 24.4 Å². The Balaban J connectivity index is 2.22. The summed E-state index contributed by atoms with van der Waals surface area (Å²) in [6.07, 6.45) is 1.32. The summed E-state index contributed by atoms with van der Waals surface area (Å²) >= 11 is 5.76. The highest BCUT2D eigenvalue weighted by atomic mass is 35.5. The van der Waals surface area contributed by atoms with Gasteiger partial charge in [-0.25, -0.2) is 4.39 Å². The van der Waals surface area contributed by atoms with Crippen molar-refractivity contribution in [3.05, 3.63) is 40.9 Å². The fraction of sp³-hybridized carbons (Fsp3) is 0. The molecule has 0 atom stereocenters. The number of nitrogens with two attached hydrogens (primary N) is 1. The molecule has 0 unspecified atom stereocenters. The fourth-order valence-corrected chi connectivity index (χ4v) is 1.47. The number of rotatable bonds is 2. The van der Waals surface area contributed by atoms with E-state index in [1.54, 1.807) is 0 Å². The molecule has 0 radical (unpaired) electrons. The smallest absolute Gasteiger partial charge is 0.275 e. The monoisotopic (exact) mass is 254 g/mol. The van der Waals surface area contributed by atoms with Gasteiger partial charge < -0.3 is 11.1 Å². The van der Waals surface area contributed by atoms with E-state index < -0.39 is 11.7 Å². The molecule has 2 aromatic rings. The summed E-state index contributed by atoms with van der Waals surface area (Å²) in [7, 11) is 0. The summed E-state index contributed by atoms with van der Waals surface area (Å²) in [5.41, 5.74) is 6.16. The molecule has 17 heavy (non-hydrogen) atoms. The maximum absolute atomic E-state index is 12.8. The number of benzene rings is 1. The second kappa shape index (κ2) is 4.42. The summed E-state index contributed by atoms with van der Waals surface area (Å²) in [5.74, 6) is -0.970. The Kier molecular flexibility index (Phi) is 2.97. The van der Waals surface area contributed by atoms with Gasteiger partial charge in [-0.15, -0.1) is 0 Å². The number of aromatic amines is 1. The molecule has 0 saturated heterocycles. The first-order chi connectivity index (χ1) is 8.08. The van der Waals surface area contributed by atoms with Gasteiger partial charge in [0, 0.05) is 0 Å². The lowest BCUT2D eigenvalue weighted by Crippen LogP contribution is -2.14. The van der Waals surface area contributed by atoms with Crippen LogP contribution in [-0.2, 0) is 0 Å². The van der Waals surface area contributed by atoms with Crippen molar-refractivity contribution in [3.8, 4) is 0 Å². The van der Waals surface area contributed by atoms with Gasteiger partial charge in [0.2, 0.25) is 0 Å². The summed E-state index contributed by atoms with van der Waals surface area (Å²) < 4.78 is 12.8. The molecule has 4 N–H and O–H groups in total. The largest absolute Gasteiger partial charge is 0.396 e. The maximum atomic E-state index is 12.8. The Morgan fingerprint density at radius 1 is 1.53 bits per heavy atom. The Hall–Kier alpha value is -2.08. The topological polar surface area (TPSA) is 83.8 Å². The van der Waals surface area contributed by atoms with Crippen molar-refractivity contribution < 1.29 is 9.18 Å². The standard InChI is InChI=1S/C10H8ClFN4O/c11-6-3-5(12)1-2-8(6)15-10(17)9-7(13)4-14-16-9/h1-4H,13H2,(H,14,16)(H,15,17). The first-order valence-electron chi connectivity index (χ1n) is 4.63. The second-order valence-electron chi connectivity index (χ2n) is 3.28. The van der Waals surface area contributed by atoms with Crippen LogP contribution in [0.25, 0.3) is 0 Å². The Morgan fingerprint density at radius 2 is 2.29 bits per heavy atom. The van der Waals surface area contributed by atoms with Crippen LogP contribution in [0.5, 0.6) is 0 Å². The molecular formula is C10H8ClFN4O. The summed E-state index contributed by atoms with van der Waals surface area (Å²) in [4.78, 5) is 11.7. The van der Waals surface area contributed by atoms with Gasteiger partial charge in [-0.3, -0.25) is 9.89 Å². The van der Waals surface area contributed by atoms with Crippen LogP contribution in [0.1, 0.15) is 10.5 Å². The molecule has 0 aliphatic heterocycles. The highest BCUT2D eigenvalue weighted by Crippen LogP contribution is 2.23. The van der Waals surface area contributed by atoms with Gasteiger partial charge in [-0.2, -0.15) is 5.10 Å². The van der Waals surface area contributed by atoms with E-state index in [9.17, 15) is 9.18 Å². The van der Waals surface area contributed by atoms with Crippen molar-refractivity contribution in [2.75, 3.05) is 11.1 Å². The Bertz CT molecular complexity index is 569. The molecule has 7 heteroatoms. The molecular weight excluding hydrogens is 247 g/mol. The number of anilines is 2. The summed E-state index contributed by atoms with van der Waals surface area (Å²) in [6.45, 7) is 0. The number of hydrogen-bond acceptors (Lipinski definition) is 3. The van der Waals surface area contributed by atoms with E-state index in [0.29, 0.717) is 5.69 Å². The van der Waals surface area contributed by atoms with Crippen LogP contribution in [0, 0.1) is 5.82 Å². The lowest BCUT2D eigenvalue weighted by molar-refractivity contribution is 0.102. The van der Waals surface area contributed by atoms with Crippen LogP contribution < -0.4 is 11.1 Å². The SMILES string of the molecule is Nc1cn[nH]c1C(=O)Nc1ccc(F)cc1Cl. The van der Waals surface area contributed by atoms with Gasteiger partial charge in [0.25, 0.3) is 5.91 Å². The van der Waals surface area contributed by atoms with Crippen molar-refractivity contribution in [1.82, 2.24) is 10.2 Å². The number of hydrogen-bond donors (Lipinski definition) is 3. The third-order valence-corrected chi connectivity index (χ3v) is 2.39. The Morgan fingerprint density at radius 3 is 2.88 bits per heavy atom. The molecule has 0 aliphatic carbocycles. The minimum absolute atomic E-state index is 0.108. The lowest BCUT2D eigenvalue weighted by atomic mass is 10.3. The predicted octanol–water partition coefficient (Wildman–Crippen LogP) is 2.04. The summed E-state index contributed by atoms with van der Waals surface area (Å²) in [5, 5.41) is 8.67. The first-order valence-corrected chi connectivity index (χ1v) is 5.01. The number of carbonyl (C=O) groups excluding carboxylic acids is 1. The fourth-order valence-electron chi connectivity index (χ4n) is 1.25. The van der Waals surface area contributed by atoms with E-state index in [0.717, 1.165) is 6.07 Å². The molecule has 5 nitrogen and oxygen atoms in total. The third-order valence-electron chi connectivity index (χ3n) is 2.08. The van der Waals surface area contributed by atoms with Gasteiger partial charge in [0.05, 0.1) is 22.6 Å². The molecule has 0 saturated carbocycles. The second-order valence-corrected chi connectivity index (χ2v) is 3.69. The molecule has 2 rings (SSSR count). The average Bonchev–Trinajstić information content (AvgIpc) is 2.68. The van der Waals surface area contributed by atoms with E-state index in [1.165, 1.54) is 18.3 Å². The zero-order valence-corrected chi connectivity index (χ0v) is 9.25. The lowest BCUT2D eigenvalue weighted by Gasteiger charge is -2.06. The van der Waals surface area contributed by atoms with Crippen LogP contribution in [0.2, 0.25) is 5.02 Å². The molecule has 0 fully saturated rings. The Labute approximate surface area is 101 Å². The maximum Gasteiger partial charge on any atom is 0.275 e. The summed E-state index contributed by atoms with van der Waals surface area (Å²) in [6, 6.07) is 3.66. The quantitative estimate of drug-likeness (QED) is 0.767. The van der Waals surface area contributed by atoms with Gasteiger partial charge >= 0.3 is 0 Å². The van der Waals surface area contributed by atoms with Crippen LogP contribution >= 0.6 is 11.6 Å². The van der Waals surface area contributed by atoms with Crippen molar-refractivity contribution in [2.24, 2.45) is 0 Å². The number of carbonyl (C=O) groups is 1. The molecule has 1 heterocycles. The highest BCUT2D eigenvalue weighted by molar-refractivity contribution is 6.33. The molecule has 0 spiro atoms. The minimum atomic E-state index is -0.492. The van der Waals surface area contributed by atoms with Crippen LogP contribution in [-0.4, -0.2) is 16.1 Å². The number of nitrogens with one attached hydrogen (secondary N) is 2. The third kappa shape index (κ3) is 2.36. The van der Waals surface area contributed by atoms with Crippen molar-refractivity contribution in [2.45, 2.75) is 0 Å². The zero-order valence-electron chi connectivity index (χ0n) is 8.50. The van der Waals surface area contributed by atoms with Crippen LogP contribution in [0.4, 0.5) is 15.8 Å². The van der Waals surface area contributed by atoms with E-state index in [-0.39, 0.29) is 16.4 Å². The van der Waals surface area contributed by atoms with Gasteiger partial charge in [0.15, 0.2) is 0 Å². The van der Waals surface area contributed by atoms with Gasteiger partial charge in [-0.1, -0.05) is 11.6 Å². The van der Waals surface area contributed by atoms with Gasteiger partial charge in [-0.05, 0) is 18.2 Å². The van der Waals surface area contributed by atoms with Crippen molar-refractivity contribution in [1.29, 1.82) is 0 Å². The molecule has 0 aliphatic rings. The molecule has 1 amide bonds. The number of nitrogen functional groups attached to an aromatic ring is 1. The number of aromatic nitrogens is 2. The number of H-pyrrole nitrogens is 1. The molecule has 1 aromatic heterocycles. The van der Waals surface area contributed by atoms with Gasteiger partial charge in [0.1, 0.15) is 11.5 Å². The van der Waals surface area contributed by atoms with Crippen molar-refractivity contribution >= 4 is 28.9 Å². The minimum Gasteiger partial charge on any atom is -0.396 e. The average molecular weight is 255 g/mol. The van der Waals surface area contributed by atoms with E-state index in [4.69, 9.17) is 17.3 Å². The number of amides is 1. The van der Waals surface area contributed by atoms with Crippen molar-refractivity contribution in [3.63, 3.8) is 0 Å². The van der Waals surface area contributed by atoms with E-state index in [1.807, 2.05) is 0 Å². The first kappa shape index (κ1) is 11.4. The molecule has 0 bridgehead atoms.